The Bertz CT molecular complexity index is 751. The van der Waals surface area contributed by atoms with Crippen LogP contribution in [0.2, 0.25) is 0 Å². The Morgan fingerprint density at radius 1 is 1.19 bits per heavy atom. The van der Waals surface area contributed by atoms with Crippen molar-refractivity contribution in [3.8, 4) is 0 Å². The quantitative estimate of drug-likeness (QED) is 0.890. The summed E-state index contributed by atoms with van der Waals surface area (Å²) in [5.41, 5.74) is -0.321. The van der Waals surface area contributed by atoms with Gasteiger partial charge in [0.2, 0.25) is 0 Å². The minimum absolute atomic E-state index is 0.0721. The molecular weight excluding hydrogens is 300 g/mol. The summed E-state index contributed by atoms with van der Waals surface area (Å²) >= 11 is 0. The summed E-state index contributed by atoms with van der Waals surface area (Å²) in [6.07, 6.45) is 1.33. The van der Waals surface area contributed by atoms with Crippen LogP contribution >= 0.6 is 0 Å². The Kier molecular flexibility index (Phi) is 4.37. The van der Waals surface area contributed by atoms with E-state index < -0.39 is 21.7 Å². The summed E-state index contributed by atoms with van der Waals surface area (Å²) in [6.45, 7) is 2.42. The molecule has 0 radical (unpaired) electrons. The van der Waals surface area contributed by atoms with E-state index in [1.54, 1.807) is 0 Å². The maximum absolute atomic E-state index is 13.5. The second kappa shape index (κ2) is 6.04. The van der Waals surface area contributed by atoms with Crippen LogP contribution < -0.4 is 10.0 Å². The van der Waals surface area contributed by atoms with Gasteiger partial charge in [0.05, 0.1) is 10.6 Å². The van der Waals surface area contributed by atoms with Crippen LogP contribution in [-0.2, 0) is 10.0 Å². The smallest absolute Gasteiger partial charge is 0.262 e. The molecule has 2 rings (SSSR count). The van der Waals surface area contributed by atoms with Gasteiger partial charge in [-0.25, -0.2) is 22.2 Å². The molecule has 0 spiro atoms. The van der Waals surface area contributed by atoms with Crippen molar-refractivity contribution < 1.29 is 17.2 Å². The monoisotopic (exact) mass is 313 g/mol. The fourth-order valence-electron chi connectivity index (χ4n) is 1.63. The zero-order valence-corrected chi connectivity index (χ0v) is 11.9. The molecule has 0 bridgehead atoms. The molecule has 0 amide bonds. The molecule has 0 saturated heterocycles. The highest BCUT2D eigenvalue weighted by Crippen LogP contribution is 2.20. The minimum Gasteiger partial charge on any atom is -0.370 e. The van der Waals surface area contributed by atoms with Crippen molar-refractivity contribution in [1.29, 1.82) is 0 Å². The molecule has 5 nitrogen and oxygen atoms in total. The first kappa shape index (κ1) is 15.2. The lowest BCUT2D eigenvalue weighted by Crippen LogP contribution is -2.14. The molecule has 1 aromatic carbocycles. The predicted molar refractivity (Wildman–Crippen MR) is 75.6 cm³/mol. The number of anilines is 2. The summed E-state index contributed by atoms with van der Waals surface area (Å²) in [5.74, 6) is -1.38. The number of benzene rings is 1. The first-order valence-electron chi connectivity index (χ1n) is 6.10. The van der Waals surface area contributed by atoms with Crippen LogP contribution in [0.3, 0.4) is 0 Å². The molecule has 0 atom stereocenters. The van der Waals surface area contributed by atoms with Gasteiger partial charge in [-0.1, -0.05) is 0 Å². The lowest BCUT2D eigenvalue weighted by molar-refractivity contribution is 0.583. The van der Waals surface area contributed by atoms with Crippen molar-refractivity contribution >= 4 is 21.5 Å². The molecule has 112 valence electrons. The van der Waals surface area contributed by atoms with Crippen molar-refractivity contribution in [3.05, 3.63) is 48.2 Å². The molecule has 0 unspecified atom stereocenters. The number of rotatable bonds is 5. The summed E-state index contributed by atoms with van der Waals surface area (Å²) < 4.78 is 52.7. The first-order chi connectivity index (χ1) is 9.92. The number of sulfonamides is 1. The van der Waals surface area contributed by atoms with Gasteiger partial charge in [-0.2, -0.15) is 0 Å². The molecule has 0 aliphatic carbocycles. The molecular formula is C13H13F2N3O2S. The summed E-state index contributed by atoms with van der Waals surface area (Å²) in [4.78, 5) is 3.88. The fraction of sp³-hybridized carbons (Fsp3) is 0.154. The summed E-state index contributed by atoms with van der Waals surface area (Å²) in [7, 11) is -3.98. The Hall–Kier alpha value is -2.22. The largest absolute Gasteiger partial charge is 0.370 e. The van der Waals surface area contributed by atoms with E-state index in [1.807, 2.05) is 6.92 Å². The van der Waals surface area contributed by atoms with Crippen LogP contribution in [-0.4, -0.2) is 19.9 Å². The fourth-order valence-corrected chi connectivity index (χ4v) is 2.71. The van der Waals surface area contributed by atoms with Crippen LogP contribution in [0.15, 0.2) is 41.4 Å². The number of nitrogens with one attached hydrogen (secondary N) is 2. The Balaban J connectivity index is 2.31. The Morgan fingerprint density at radius 2 is 1.95 bits per heavy atom. The van der Waals surface area contributed by atoms with Crippen molar-refractivity contribution in [2.75, 3.05) is 16.6 Å². The third-order valence-electron chi connectivity index (χ3n) is 2.58. The number of nitrogens with zero attached hydrogens (tertiary/aromatic N) is 1. The van der Waals surface area contributed by atoms with Crippen molar-refractivity contribution in [1.82, 2.24) is 4.98 Å². The number of aromatic nitrogens is 1. The minimum atomic E-state index is -3.98. The van der Waals surface area contributed by atoms with Gasteiger partial charge in [-0.3, -0.25) is 4.72 Å². The van der Waals surface area contributed by atoms with Crippen molar-refractivity contribution in [2.45, 2.75) is 11.8 Å². The lowest BCUT2D eigenvalue weighted by atomic mass is 10.3. The molecule has 1 aromatic heterocycles. The molecule has 1 heterocycles. The second-order valence-electron chi connectivity index (χ2n) is 4.14. The molecule has 0 saturated carbocycles. The van der Waals surface area contributed by atoms with Crippen LogP contribution in [0.4, 0.5) is 20.3 Å². The van der Waals surface area contributed by atoms with Gasteiger partial charge in [0.1, 0.15) is 17.5 Å². The van der Waals surface area contributed by atoms with Gasteiger partial charge in [0, 0.05) is 24.9 Å². The number of halogens is 2. The summed E-state index contributed by atoms with van der Waals surface area (Å²) in [5, 5.41) is 2.88. The highest BCUT2D eigenvalue weighted by Gasteiger charge is 2.17. The van der Waals surface area contributed by atoms with Crippen LogP contribution in [0, 0.1) is 11.6 Å². The van der Waals surface area contributed by atoms with E-state index >= 15 is 0 Å². The Labute approximate surface area is 121 Å². The predicted octanol–water partition coefficient (Wildman–Crippen LogP) is 2.59. The first-order valence-corrected chi connectivity index (χ1v) is 7.58. The van der Waals surface area contributed by atoms with E-state index in [4.69, 9.17) is 0 Å². The Morgan fingerprint density at radius 3 is 2.62 bits per heavy atom. The van der Waals surface area contributed by atoms with Crippen LogP contribution in [0.25, 0.3) is 0 Å². The second-order valence-corrected chi connectivity index (χ2v) is 5.82. The van der Waals surface area contributed by atoms with E-state index in [-0.39, 0.29) is 10.6 Å². The van der Waals surface area contributed by atoms with Gasteiger partial charge < -0.3 is 5.32 Å². The topological polar surface area (TPSA) is 71.1 Å². The normalized spacial score (nSPS) is 11.2. The van der Waals surface area contributed by atoms with E-state index in [1.165, 1.54) is 18.3 Å². The number of hydrogen-bond donors (Lipinski definition) is 2. The standard InChI is InChI=1S/C13H13F2N3O2S/c1-2-16-13-8-10(5-6-17-13)21(19,20)18-12-4-3-9(14)7-11(12)15/h3-8,18H,2H2,1H3,(H,16,17). The van der Waals surface area contributed by atoms with Gasteiger partial charge in [0.25, 0.3) is 10.0 Å². The highest BCUT2D eigenvalue weighted by atomic mass is 32.2. The van der Waals surface area contributed by atoms with E-state index in [0.29, 0.717) is 18.4 Å². The molecule has 0 aliphatic heterocycles. The SMILES string of the molecule is CCNc1cc(S(=O)(=O)Nc2ccc(F)cc2F)ccn1. The average molecular weight is 313 g/mol. The highest BCUT2D eigenvalue weighted by molar-refractivity contribution is 7.92. The van der Waals surface area contributed by atoms with Gasteiger partial charge in [-0.15, -0.1) is 0 Å². The lowest BCUT2D eigenvalue weighted by Gasteiger charge is -2.10. The molecule has 8 heteroatoms. The van der Waals surface area contributed by atoms with Crippen LogP contribution in [0.5, 0.6) is 0 Å². The molecule has 2 aromatic rings. The molecule has 21 heavy (non-hydrogen) atoms. The van der Waals surface area contributed by atoms with E-state index in [2.05, 4.69) is 15.0 Å². The maximum atomic E-state index is 13.5. The molecule has 0 fully saturated rings. The zero-order valence-electron chi connectivity index (χ0n) is 11.1. The van der Waals surface area contributed by atoms with Gasteiger partial charge >= 0.3 is 0 Å². The zero-order chi connectivity index (χ0) is 15.5. The van der Waals surface area contributed by atoms with E-state index in [0.717, 1.165) is 12.1 Å². The number of hydrogen-bond acceptors (Lipinski definition) is 4. The van der Waals surface area contributed by atoms with Gasteiger partial charge in [0.15, 0.2) is 0 Å². The van der Waals surface area contributed by atoms with Gasteiger partial charge in [-0.05, 0) is 25.1 Å². The van der Waals surface area contributed by atoms with Crippen molar-refractivity contribution in [3.63, 3.8) is 0 Å². The third kappa shape index (κ3) is 3.66. The van der Waals surface area contributed by atoms with Crippen LogP contribution in [0.1, 0.15) is 6.92 Å². The maximum Gasteiger partial charge on any atom is 0.262 e. The third-order valence-corrected chi connectivity index (χ3v) is 3.94. The average Bonchev–Trinajstić information content (AvgIpc) is 2.43. The summed E-state index contributed by atoms with van der Waals surface area (Å²) in [6, 6.07) is 5.21. The number of pyridine rings is 1. The van der Waals surface area contributed by atoms with E-state index in [9.17, 15) is 17.2 Å². The molecule has 2 N–H and O–H groups in total. The molecule has 0 aliphatic rings. The van der Waals surface area contributed by atoms with Crippen molar-refractivity contribution in [2.24, 2.45) is 0 Å².